The SMILES string of the molecule is COC[C@](C)(NCc1csc(-c2ccsc2)n1)c1ccccc1. The first-order chi connectivity index (χ1) is 11.2. The van der Waals surface area contributed by atoms with Crippen LogP contribution in [0.1, 0.15) is 18.2 Å². The lowest BCUT2D eigenvalue weighted by atomic mass is 9.93. The summed E-state index contributed by atoms with van der Waals surface area (Å²) in [5.74, 6) is 0. The van der Waals surface area contributed by atoms with Crippen LogP contribution in [0.25, 0.3) is 10.6 Å². The molecular formula is C18H20N2OS2. The molecule has 120 valence electrons. The molecule has 0 bridgehead atoms. The molecule has 0 saturated carbocycles. The highest BCUT2D eigenvalue weighted by Gasteiger charge is 2.26. The van der Waals surface area contributed by atoms with E-state index in [9.17, 15) is 0 Å². The first-order valence-corrected chi connectivity index (χ1v) is 9.30. The van der Waals surface area contributed by atoms with Crippen LogP contribution in [-0.2, 0) is 16.8 Å². The summed E-state index contributed by atoms with van der Waals surface area (Å²) >= 11 is 3.39. The monoisotopic (exact) mass is 344 g/mol. The van der Waals surface area contributed by atoms with Crippen molar-refractivity contribution in [3.05, 3.63) is 63.8 Å². The van der Waals surface area contributed by atoms with Crippen molar-refractivity contribution in [2.45, 2.75) is 19.0 Å². The zero-order valence-electron chi connectivity index (χ0n) is 13.3. The lowest BCUT2D eigenvalue weighted by molar-refractivity contribution is 0.117. The maximum atomic E-state index is 5.44. The molecule has 0 aliphatic heterocycles. The molecule has 2 heterocycles. The first kappa shape index (κ1) is 16.3. The highest BCUT2D eigenvalue weighted by molar-refractivity contribution is 7.14. The second-order valence-corrected chi connectivity index (χ2v) is 7.28. The predicted octanol–water partition coefficient (Wildman–Crippen LogP) is 4.52. The van der Waals surface area contributed by atoms with E-state index in [1.807, 2.05) is 6.07 Å². The zero-order valence-corrected chi connectivity index (χ0v) is 14.9. The highest BCUT2D eigenvalue weighted by Crippen LogP contribution is 2.26. The van der Waals surface area contributed by atoms with Gasteiger partial charge >= 0.3 is 0 Å². The molecule has 0 saturated heterocycles. The number of nitrogens with one attached hydrogen (secondary N) is 1. The quantitative estimate of drug-likeness (QED) is 0.684. The van der Waals surface area contributed by atoms with Crippen LogP contribution in [0.4, 0.5) is 0 Å². The van der Waals surface area contributed by atoms with Crippen molar-refractivity contribution < 1.29 is 4.74 Å². The Bertz CT molecular complexity index is 725. The van der Waals surface area contributed by atoms with Crippen molar-refractivity contribution in [3.8, 4) is 10.6 Å². The van der Waals surface area contributed by atoms with Gasteiger partial charge in [-0.2, -0.15) is 11.3 Å². The lowest BCUT2D eigenvalue weighted by Crippen LogP contribution is -2.43. The molecule has 5 heteroatoms. The van der Waals surface area contributed by atoms with Gasteiger partial charge in [0.25, 0.3) is 0 Å². The average molecular weight is 345 g/mol. The maximum absolute atomic E-state index is 5.44. The molecule has 1 N–H and O–H groups in total. The van der Waals surface area contributed by atoms with E-state index >= 15 is 0 Å². The minimum atomic E-state index is -0.234. The molecule has 0 fully saturated rings. The Morgan fingerprint density at radius 1 is 1.17 bits per heavy atom. The van der Waals surface area contributed by atoms with Gasteiger partial charge in [0.05, 0.1) is 17.8 Å². The lowest BCUT2D eigenvalue weighted by Gasteiger charge is -2.30. The topological polar surface area (TPSA) is 34.1 Å². The Morgan fingerprint density at radius 3 is 2.70 bits per heavy atom. The van der Waals surface area contributed by atoms with E-state index < -0.39 is 0 Å². The van der Waals surface area contributed by atoms with E-state index in [4.69, 9.17) is 9.72 Å². The molecule has 23 heavy (non-hydrogen) atoms. The fourth-order valence-electron chi connectivity index (χ4n) is 2.52. The Kier molecular flexibility index (Phi) is 5.23. The maximum Gasteiger partial charge on any atom is 0.124 e. The molecule has 0 spiro atoms. The molecule has 3 aromatic rings. The number of hydrogen-bond donors (Lipinski definition) is 1. The van der Waals surface area contributed by atoms with Crippen LogP contribution in [0.3, 0.4) is 0 Å². The predicted molar refractivity (Wildman–Crippen MR) is 97.9 cm³/mol. The molecule has 3 rings (SSSR count). The van der Waals surface area contributed by atoms with Crippen LogP contribution in [-0.4, -0.2) is 18.7 Å². The number of benzene rings is 1. The van der Waals surface area contributed by atoms with Gasteiger partial charge in [0, 0.05) is 30.0 Å². The molecule has 1 aromatic carbocycles. The molecular weight excluding hydrogens is 324 g/mol. The third-order valence-corrected chi connectivity index (χ3v) is 5.45. The highest BCUT2D eigenvalue weighted by atomic mass is 32.1. The van der Waals surface area contributed by atoms with Crippen molar-refractivity contribution >= 4 is 22.7 Å². The molecule has 1 atom stereocenters. The first-order valence-electron chi connectivity index (χ1n) is 7.48. The van der Waals surface area contributed by atoms with Gasteiger partial charge in [0.15, 0.2) is 0 Å². The normalized spacial score (nSPS) is 13.8. The Morgan fingerprint density at radius 2 is 2.00 bits per heavy atom. The second-order valence-electron chi connectivity index (χ2n) is 5.64. The van der Waals surface area contributed by atoms with E-state index in [2.05, 4.69) is 58.7 Å². The van der Waals surface area contributed by atoms with Crippen molar-refractivity contribution in [2.75, 3.05) is 13.7 Å². The summed E-state index contributed by atoms with van der Waals surface area (Å²) in [5.41, 5.74) is 3.25. The molecule has 2 aromatic heterocycles. The summed E-state index contributed by atoms with van der Waals surface area (Å²) in [6.45, 7) is 3.49. The zero-order chi connectivity index (χ0) is 16.1. The minimum absolute atomic E-state index is 0.234. The van der Waals surface area contributed by atoms with Gasteiger partial charge in [0.2, 0.25) is 0 Å². The van der Waals surface area contributed by atoms with E-state index in [1.165, 1.54) is 11.1 Å². The third-order valence-electron chi connectivity index (χ3n) is 3.82. The standard InChI is InChI=1S/C18H20N2OS2/c1-18(13-21-2,15-6-4-3-5-7-15)19-10-16-12-23-17(20-16)14-8-9-22-11-14/h3-9,11-12,19H,10,13H2,1-2H3/t18-/m0/s1. The third kappa shape index (κ3) is 3.87. The van der Waals surface area contributed by atoms with Crippen LogP contribution >= 0.6 is 22.7 Å². The van der Waals surface area contributed by atoms with Crippen LogP contribution in [0.2, 0.25) is 0 Å². The summed E-state index contributed by atoms with van der Waals surface area (Å²) in [6, 6.07) is 12.5. The Balaban J connectivity index is 1.72. The van der Waals surface area contributed by atoms with E-state index in [1.54, 1.807) is 29.8 Å². The van der Waals surface area contributed by atoms with Crippen LogP contribution in [0, 0.1) is 0 Å². The van der Waals surface area contributed by atoms with Crippen LogP contribution in [0.5, 0.6) is 0 Å². The van der Waals surface area contributed by atoms with Gasteiger partial charge in [-0.25, -0.2) is 4.98 Å². The van der Waals surface area contributed by atoms with Crippen molar-refractivity contribution in [1.29, 1.82) is 0 Å². The van der Waals surface area contributed by atoms with Gasteiger partial charge < -0.3 is 4.74 Å². The van der Waals surface area contributed by atoms with Gasteiger partial charge in [0.1, 0.15) is 5.01 Å². The number of aromatic nitrogens is 1. The molecule has 0 amide bonds. The van der Waals surface area contributed by atoms with Crippen molar-refractivity contribution in [1.82, 2.24) is 10.3 Å². The Hall–Kier alpha value is -1.53. The molecule has 0 aliphatic rings. The summed E-state index contributed by atoms with van der Waals surface area (Å²) < 4.78 is 5.44. The number of ether oxygens (including phenoxy) is 1. The number of hydrogen-bond acceptors (Lipinski definition) is 5. The fraction of sp³-hybridized carbons (Fsp3) is 0.278. The molecule has 3 nitrogen and oxygen atoms in total. The Labute approximate surface area is 145 Å². The van der Waals surface area contributed by atoms with Gasteiger partial charge in [-0.1, -0.05) is 30.3 Å². The van der Waals surface area contributed by atoms with Crippen molar-refractivity contribution in [3.63, 3.8) is 0 Å². The summed E-state index contributed by atoms with van der Waals surface area (Å²) in [5, 5.41) is 11.0. The summed E-state index contributed by atoms with van der Waals surface area (Å²) in [6.07, 6.45) is 0. The number of thiazole rings is 1. The number of methoxy groups -OCH3 is 1. The van der Waals surface area contributed by atoms with Crippen molar-refractivity contribution in [2.24, 2.45) is 0 Å². The number of nitrogens with zero attached hydrogens (tertiary/aromatic N) is 1. The van der Waals surface area contributed by atoms with Gasteiger partial charge in [-0.3, -0.25) is 5.32 Å². The molecule has 0 unspecified atom stereocenters. The second kappa shape index (κ2) is 7.36. The minimum Gasteiger partial charge on any atom is -0.382 e. The largest absolute Gasteiger partial charge is 0.382 e. The van der Waals surface area contributed by atoms with E-state index in [0.29, 0.717) is 6.61 Å². The number of thiophene rings is 1. The smallest absolute Gasteiger partial charge is 0.124 e. The fourth-order valence-corrected chi connectivity index (χ4v) is 4.06. The summed E-state index contributed by atoms with van der Waals surface area (Å²) in [7, 11) is 1.74. The van der Waals surface area contributed by atoms with E-state index in [-0.39, 0.29) is 5.54 Å². The molecule has 0 radical (unpaired) electrons. The average Bonchev–Trinajstić information content (AvgIpc) is 3.25. The van der Waals surface area contributed by atoms with Crippen LogP contribution < -0.4 is 5.32 Å². The van der Waals surface area contributed by atoms with Gasteiger partial charge in [-0.05, 0) is 23.9 Å². The summed E-state index contributed by atoms with van der Waals surface area (Å²) in [4.78, 5) is 4.73. The van der Waals surface area contributed by atoms with Gasteiger partial charge in [-0.15, -0.1) is 11.3 Å². The van der Waals surface area contributed by atoms with E-state index in [0.717, 1.165) is 17.2 Å². The number of rotatable bonds is 7. The molecule has 0 aliphatic carbocycles. The van der Waals surface area contributed by atoms with Crippen LogP contribution in [0.15, 0.2) is 52.5 Å².